The molecule has 0 aromatic carbocycles. The maximum atomic E-state index is 11.9. The van der Waals surface area contributed by atoms with Gasteiger partial charge >= 0.3 is 0 Å². The molecule has 0 atom stereocenters. The Morgan fingerprint density at radius 2 is 2.11 bits per heavy atom. The van der Waals surface area contributed by atoms with Gasteiger partial charge in [0.2, 0.25) is 0 Å². The van der Waals surface area contributed by atoms with Crippen molar-refractivity contribution in [3.8, 4) is 0 Å². The molecule has 108 valence electrons. The fraction of sp³-hybridized carbons (Fsp3) is 0.667. The normalized spacial score (nSPS) is 11.4. The van der Waals surface area contributed by atoms with Crippen molar-refractivity contribution in [2.24, 2.45) is 0 Å². The summed E-state index contributed by atoms with van der Waals surface area (Å²) in [6.45, 7) is 6.70. The minimum Gasteiger partial charge on any atom is -0.396 e. The van der Waals surface area contributed by atoms with Crippen LogP contribution in [0, 0.1) is 0 Å². The lowest BCUT2D eigenvalue weighted by molar-refractivity contribution is 0.0957. The summed E-state index contributed by atoms with van der Waals surface area (Å²) in [6, 6.07) is 0. The first-order valence-corrected chi connectivity index (χ1v) is 7.08. The topological polar surface area (TPSA) is 100 Å². The van der Waals surface area contributed by atoms with Crippen LogP contribution in [0.15, 0.2) is 0 Å². The second kappa shape index (κ2) is 6.72. The first kappa shape index (κ1) is 15.7. The third-order valence-corrected chi connectivity index (χ3v) is 3.20. The number of nitrogens with zero attached hydrogens (tertiary/aromatic N) is 1. The van der Waals surface area contributed by atoms with Crippen LogP contribution in [-0.4, -0.2) is 34.7 Å². The Kier molecular flexibility index (Phi) is 5.56. The van der Waals surface area contributed by atoms with E-state index in [-0.39, 0.29) is 23.9 Å². The minimum absolute atomic E-state index is 0.126. The van der Waals surface area contributed by atoms with Gasteiger partial charge in [0.1, 0.15) is 10.7 Å². The quantitative estimate of drug-likeness (QED) is 0.593. The van der Waals surface area contributed by atoms with Crippen LogP contribution >= 0.6 is 11.3 Å². The number of aliphatic hydroxyl groups excluding tert-OH is 1. The monoisotopic (exact) mass is 286 g/mol. The van der Waals surface area contributed by atoms with Crippen molar-refractivity contribution in [2.45, 2.75) is 39.2 Å². The molecule has 1 rings (SSSR count). The van der Waals surface area contributed by atoms with E-state index >= 15 is 0 Å². The number of aromatic nitrogens is 1. The second-order valence-corrected chi connectivity index (χ2v) is 6.29. The Balaban J connectivity index is 2.60. The fourth-order valence-corrected chi connectivity index (χ4v) is 2.40. The first-order chi connectivity index (χ1) is 8.83. The predicted molar refractivity (Wildman–Crippen MR) is 78.6 cm³/mol. The highest BCUT2D eigenvalue weighted by molar-refractivity contribution is 7.18. The van der Waals surface area contributed by atoms with Gasteiger partial charge in [-0.15, -0.1) is 0 Å². The number of hydrogen-bond acceptors (Lipinski definition) is 6. The van der Waals surface area contributed by atoms with E-state index in [1.54, 1.807) is 0 Å². The number of hydrogen-bond donors (Lipinski definition) is 4. The van der Waals surface area contributed by atoms with E-state index in [9.17, 15) is 4.79 Å². The summed E-state index contributed by atoms with van der Waals surface area (Å²) >= 11 is 1.25. The Morgan fingerprint density at radius 3 is 2.68 bits per heavy atom. The van der Waals surface area contributed by atoms with Gasteiger partial charge < -0.3 is 21.5 Å². The molecule has 1 aromatic heterocycles. The standard InChI is InChI=1S/C12H22N4O2S/c1-12(2,3)16-11-15-9(13)8(19-11)10(18)14-6-4-5-7-17/h17H,4-7,13H2,1-3H3,(H,14,18)(H,15,16). The zero-order valence-electron chi connectivity index (χ0n) is 11.6. The van der Waals surface area contributed by atoms with E-state index in [4.69, 9.17) is 10.8 Å². The van der Waals surface area contributed by atoms with Crippen molar-refractivity contribution >= 4 is 28.2 Å². The number of rotatable bonds is 6. The van der Waals surface area contributed by atoms with E-state index in [1.807, 2.05) is 20.8 Å². The smallest absolute Gasteiger partial charge is 0.265 e. The summed E-state index contributed by atoms with van der Waals surface area (Å²) in [5.74, 6) is 0.0336. The lowest BCUT2D eigenvalue weighted by atomic mass is 10.1. The molecule has 0 saturated carbocycles. The van der Waals surface area contributed by atoms with Gasteiger partial charge in [-0.2, -0.15) is 0 Å². The van der Waals surface area contributed by atoms with Gasteiger partial charge in [-0.05, 0) is 33.6 Å². The number of thiazole rings is 1. The number of carbonyl (C=O) groups is 1. The molecule has 0 bridgehead atoms. The third-order valence-electron chi connectivity index (χ3n) is 2.21. The van der Waals surface area contributed by atoms with Crippen LogP contribution in [0.25, 0.3) is 0 Å². The molecule has 1 amide bonds. The van der Waals surface area contributed by atoms with Crippen molar-refractivity contribution in [2.75, 3.05) is 24.2 Å². The minimum atomic E-state index is -0.213. The number of amides is 1. The van der Waals surface area contributed by atoms with Gasteiger partial charge in [0.25, 0.3) is 5.91 Å². The summed E-state index contributed by atoms with van der Waals surface area (Å²) in [5, 5.41) is 15.3. The van der Waals surface area contributed by atoms with Crippen LogP contribution < -0.4 is 16.4 Å². The molecule has 7 heteroatoms. The van der Waals surface area contributed by atoms with Crippen LogP contribution in [0.4, 0.5) is 10.9 Å². The zero-order valence-corrected chi connectivity index (χ0v) is 12.4. The van der Waals surface area contributed by atoms with Crippen molar-refractivity contribution in [3.05, 3.63) is 4.88 Å². The van der Waals surface area contributed by atoms with Crippen LogP contribution in [0.1, 0.15) is 43.3 Å². The highest BCUT2D eigenvalue weighted by atomic mass is 32.1. The van der Waals surface area contributed by atoms with Gasteiger partial charge in [0, 0.05) is 18.7 Å². The molecule has 1 aromatic rings. The molecule has 0 aliphatic rings. The second-order valence-electron chi connectivity index (χ2n) is 5.29. The molecule has 6 nitrogen and oxygen atoms in total. The molecule has 0 spiro atoms. The van der Waals surface area contributed by atoms with Crippen LogP contribution in [0.2, 0.25) is 0 Å². The molecular formula is C12H22N4O2S. The van der Waals surface area contributed by atoms with Crippen molar-refractivity contribution < 1.29 is 9.90 Å². The number of carbonyl (C=O) groups excluding carboxylic acids is 1. The Labute approximate surface area is 117 Å². The average molecular weight is 286 g/mol. The molecule has 5 N–H and O–H groups in total. The molecular weight excluding hydrogens is 264 g/mol. The number of aliphatic hydroxyl groups is 1. The summed E-state index contributed by atoms with van der Waals surface area (Å²) in [4.78, 5) is 16.5. The van der Waals surface area contributed by atoms with E-state index < -0.39 is 0 Å². The summed E-state index contributed by atoms with van der Waals surface area (Å²) in [6.07, 6.45) is 1.42. The lowest BCUT2D eigenvalue weighted by Gasteiger charge is -2.19. The maximum Gasteiger partial charge on any atom is 0.265 e. The van der Waals surface area contributed by atoms with Gasteiger partial charge in [-0.3, -0.25) is 4.79 Å². The SMILES string of the molecule is CC(C)(C)Nc1nc(N)c(C(=O)NCCCCO)s1. The summed E-state index contributed by atoms with van der Waals surface area (Å²) in [7, 11) is 0. The van der Waals surface area contributed by atoms with Crippen molar-refractivity contribution in [1.82, 2.24) is 10.3 Å². The van der Waals surface area contributed by atoms with Crippen molar-refractivity contribution in [3.63, 3.8) is 0 Å². The lowest BCUT2D eigenvalue weighted by Crippen LogP contribution is -2.25. The number of nitrogens with one attached hydrogen (secondary N) is 2. The van der Waals surface area contributed by atoms with Crippen LogP contribution in [0.3, 0.4) is 0 Å². The Hall–Kier alpha value is -1.34. The van der Waals surface area contributed by atoms with Gasteiger partial charge in [0.05, 0.1) is 0 Å². The predicted octanol–water partition coefficient (Wildman–Crippen LogP) is 1.44. The van der Waals surface area contributed by atoms with Crippen LogP contribution in [0.5, 0.6) is 0 Å². The van der Waals surface area contributed by atoms with Gasteiger partial charge in [0.15, 0.2) is 5.13 Å². The van der Waals surface area contributed by atoms with Crippen LogP contribution in [-0.2, 0) is 0 Å². The van der Waals surface area contributed by atoms with Crippen molar-refractivity contribution in [1.29, 1.82) is 0 Å². The molecule has 0 unspecified atom stereocenters. The molecule has 0 fully saturated rings. The molecule has 19 heavy (non-hydrogen) atoms. The van der Waals surface area contributed by atoms with E-state index in [2.05, 4.69) is 15.6 Å². The average Bonchev–Trinajstić information content (AvgIpc) is 2.63. The van der Waals surface area contributed by atoms with Gasteiger partial charge in [-0.25, -0.2) is 4.98 Å². The van der Waals surface area contributed by atoms with Gasteiger partial charge in [-0.1, -0.05) is 11.3 Å². The molecule has 1 heterocycles. The fourth-order valence-electron chi connectivity index (χ4n) is 1.39. The highest BCUT2D eigenvalue weighted by Crippen LogP contribution is 2.26. The maximum absolute atomic E-state index is 11.9. The molecule has 0 aliphatic heterocycles. The Morgan fingerprint density at radius 1 is 1.42 bits per heavy atom. The first-order valence-electron chi connectivity index (χ1n) is 6.27. The third kappa shape index (κ3) is 5.44. The highest BCUT2D eigenvalue weighted by Gasteiger charge is 2.18. The molecule has 0 radical (unpaired) electrons. The number of nitrogens with two attached hydrogens (primary N) is 1. The number of unbranched alkanes of at least 4 members (excludes halogenated alkanes) is 1. The van der Waals surface area contributed by atoms with E-state index in [0.29, 0.717) is 23.0 Å². The summed E-state index contributed by atoms with van der Waals surface area (Å²) in [5.41, 5.74) is 5.62. The summed E-state index contributed by atoms with van der Waals surface area (Å²) < 4.78 is 0. The molecule has 0 aliphatic carbocycles. The largest absolute Gasteiger partial charge is 0.396 e. The van der Waals surface area contributed by atoms with E-state index in [1.165, 1.54) is 11.3 Å². The Bertz CT molecular complexity index is 426. The molecule has 0 saturated heterocycles. The van der Waals surface area contributed by atoms with E-state index in [0.717, 1.165) is 6.42 Å². The zero-order chi connectivity index (χ0) is 14.5. The number of nitrogen functional groups attached to an aromatic ring is 1. The number of anilines is 2.